The Morgan fingerprint density at radius 2 is 1.87 bits per heavy atom. The average molecular weight is 319 g/mol. The summed E-state index contributed by atoms with van der Waals surface area (Å²) >= 11 is 0. The molecule has 0 atom stereocenters. The number of carbonyl (C=O) groups is 2. The van der Waals surface area contributed by atoms with Crippen LogP contribution >= 0.6 is 0 Å². The van der Waals surface area contributed by atoms with E-state index in [1.165, 1.54) is 25.3 Å². The molecule has 23 heavy (non-hydrogen) atoms. The third-order valence-electron chi connectivity index (χ3n) is 2.88. The van der Waals surface area contributed by atoms with Crippen molar-refractivity contribution in [3.05, 3.63) is 53.6 Å². The number of carboxylic acid groups (broad SMARTS) is 1. The third-order valence-corrected chi connectivity index (χ3v) is 2.88. The first-order chi connectivity index (χ1) is 10.8. The zero-order valence-corrected chi connectivity index (χ0v) is 11.9. The minimum Gasteiger partial charge on any atom is -0.497 e. The van der Waals surface area contributed by atoms with Crippen LogP contribution in [-0.2, 0) is 5.91 Å². The number of amides is 1. The molecule has 1 aromatic heterocycles. The summed E-state index contributed by atoms with van der Waals surface area (Å²) in [5, 5.41) is 30.8. The Hall–Kier alpha value is -3.04. The highest BCUT2D eigenvalue weighted by Crippen LogP contribution is 2.20. The van der Waals surface area contributed by atoms with Crippen LogP contribution in [0.3, 0.4) is 0 Å². The molecule has 0 bridgehead atoms. The number of nitrogens with zero attached hydrogens (tertiary/aromatic N) is 2. The van der Waals surface area contributed by atoms with Gasteiger partial charge in [-0.05, 0) is 12.1 Å². The summed E-state index contributed by atoms with van der Waals surface area (Å²) in [5.41, 5.74) is -0.765. The highest BCUT2D eigenvalue weighted by atomic mass is 16.5. The van der Waals surface area contributed by atoms with Crippen LogP contribution in [0.2, 0.25) is 0 Å². The van der Waals surface area contributed by atoms with Crippen molar-refractivity contribution in [2.24, 2.45) is 0 Å². The van der Waals surface area contributed by atoms with Crippen LogP contribution in [0.4, 0.5) is 0 Å². The maximum atomic E-state index is 12.0. The number of rotatable bonds is 5. The molecule has 9 heteroatoms. The van der Waals surface area contributed by atoms with E-state index in [-0.39, 0.29) is 11.3 Å². The van der Waals surface area contributed by atoms with E-state index >= 15 is 0 Å². The lowest BCUT2D eigenvalue weighted by Crippen LogP contribution is -2.46. The number of hydrogen-bond acceptors (Lipinski definition) is 7. The standard InChI is InChI=1S/C14H13N3O6/c1-23-9-4-2-3-8(5-9)14(21,22)17-12(18)10-6-11(13(19)20)16-7-15-10/h2-7,21-22H,1H3,(H,17,18)(H,19,20). The monoisotopic (exact) mass is 319 g/mol. The predicted molar refractivity (Wildman–Crippen MR) is 75.6 cm³/mol. The van der Waals surface area contributed by atoms with Crippen LogP contribution in [-0.4, -0.2) is 44.3 Å². The fourth-order valence-electron chi connectivity index (χ4n) is 1.73. The number of carboxylic acids is 1. The first-order valence-electron chi connectivity index (χ1n) is 6.30. The number of nitrogens with one attached hydrogen (secondary N) is 1. The van der Waals surface area contributed by atoms with Gasteiger partial charge in [0.25, 0.3) is 11.8 Å². The molecule has 0 spiro atoms. The van der Waals surface area contributed by atoms with E-state index in [4.69, 9.17) is 9.84 Å². The Kier molecular flexibility index (Phi) is 4.53. The third kappa shape index (κ3) is 3.78. The zero-order valence-electron chi connectivity index (χ0n) is 11.9. The van der Waals surface area contributed by atoms with Gasteiger partial charge in [0.2, 0.25) is 0 Å². The molecular formula is C14H13N3O6. The molecule has 120 valence electrons. The van der Waals surface area contributed by atoms with Gasteiger partial charge in [-0.3, -0.25) is 10.1 Å². The highest BCUT2D eigenvalue weighted by molar-refractivity contribution is 5.95. The predicted octanol–water partition coefficient (Wildman–Crippen LogP) is -0.292. The van der Waals surface area contributed by atoms with Crippen molar-refractivity contribution in [1.29, 1.82) is 0 Å². The Morgan fingerprint density at radius 1 is 1.17 bits per heavy atom. The first-order valence-corrected chi connectivity index (χ1v) is 6.30. The molecule has 0 saturated carbocycles. The number of benzene rings is 1. The van der Waals surface area contributed by atoms with E-state index in [1.807, 2.05) is 5.32 Å². The summed E-state index contributed by atoms with van der Waals surface area (Å²) in [6.07, 6.45) is 0.889. The molecule has 2 rings (SSSR count). The fraction of sp³-hybridized carbons (Fsp3) is 0.143. The molecule has 0 fully saturated rings. The minimum absolute atomic E-state index is 0.0438. The van der Waals surface area contributed by atoms with Crippen molar-refractivity contribution in [2.75, 3.05) is 7.11 Å². The number of aromatic nitrogens is 2. The zero-order chi connectivity index (χ0) is 17.0. The smallest absolute Gasteiger partial charge is 0.354 e. The summed E-state index contributed by atoms with van der Waals surface area (Å²) < 4.78 is 4.96. The van der Waals surface area contributed by atoms with Crippen molar-refractivity contribution in [3.8, 4) is 5.75 Å². The molecule has 0 aliphatic carbocycles. The molecule has 0 aliphatic rings. The lowest BCUT2D eigenvalue weighted by Gasteiger charge is -2.23. The second kappa shape index (κ2) is 6.38. The molecule has 4 N–H and O–H groups in total. The Labute approximate surface area is 130 Å². The first kappa shape index (κ1) is 16.3. The second-order valence-corrected chi connectivity index (χ2v) is 4.45. The van der Waals surface area contributed by atoms with E-state index < -0.39 is 23.5 Å². The van der Waals surface area contributed by atoms with Gasteiger partial charge in [0, 0.05) is 11.6 Å². The van der Waals surface area contributed by atoms with E-state index in [9.17, 15) is 19.8 Å². The molecule has 0 unspecified atom stereocenters. The summed E-state index contributed by atoms with van der Waals surface area (Å²) in [5.74, 6) is -4.66. The van der Waals surface area contributed by atoms with Gasteiger partial charge in [-0.1, -0.05) is 12.1 Å². The number of aromatic carboxylic acids is 1. The molecule has 2 aromatic rings. The minimum atomic E-state index is -2.69. The molecule has 1 amide bonds. The number of ether oxygens (including phenoxy) is 1. The molecule has 0 aliphatic heterocycles. The molecular weight excluding hydrogens is 306 g/mol. The number of methoxy groups -OCH3 is 1. The van der Waals surface area contributed by atoms with E-state index in [2.05, 4.69) is 9.97 Å². The summed E-state index contributed by atoms with van der Waals surface area (Å²) in [7, 11) is 1.41. The van der Waals surface area contributed by atoms with Gasteiger partial charge in [-0.2, -0.15) is 0 Å². The summed E-state index contributed by atoms with van der Waals surface area (Å²) in [6, 6.07) is 6.70. The molecule has 1 heterocycles. The van der Waals surface area contributed by atoms with Gasteiger partial charge >= 0.3 is 5.97 Å². The number of aliphatic hydroxyl groups is 2. The van der Waals surface area contributed by atoms with E-state index in [0.717, 1.165) is 12.4 Å². The maximum absolute atomic E-state index is 12.0. The van der Waals surface area contributed by atoms with E-state index in [1.54, 1.807) is 6.07 Å². The molecule has 0 radical (unpaired) electrons. The van der Waals surface area contributed by atoms with Crippen LogP contribution in [0.15, 0.2) is 36.7 Å². The Balaban J connectivity index is 2.24. The molecule has 1 aromatic carbocycles. The number of carbonyl (C=O) groups excluding carboxylic acids is 1. The van der Waals surface area contributed by atoms with Crippen LogP contribution in [0, 0.1) is 0 Å². The largest absolute Gasteiger partial charge is 0.497 e. The topological polar surface area (TPSA) is 142 Å². The van der Waals surface area contributed by atoms with Crippen molar-refractivity contribution >= 4 is 11.9 Å². The van der Waals surface area contributed by atoms with Gasteiger partial charge in [0.05, 0.1) is 7.11 Å². The summed E-state index contributed by atoms with van der Waals surface area (Å²) in [6.45, 7) is 0. The average Bonchev–Trinajstić information content (AvgIpc) is 2.54. The van der Waals surface area contributed by atoms with Gasteiger partial charge in [-0.15, -0.1) is 0 Å². The van der Waals surface area contributed by atoms with Gasteiger partial charge < -0.3 is 20.1 Å². The lowest BCUT2D eigenvalue weighted by atomic mass is 10.1. The van der Waals surface area contributed by atoms with Crippen LogP contribution < -0.4 is 10.1 Å². The van der Waals surface area contributed by atoms with Crippen molar-refractivity contribution in [2.45, 2.75) is 5.91 Å². The van der Waals surface area contributed by atoms with Crippen LogP contribution in [0.25, 0.3) is 0 Å². The second-order valence-electron chi connectivity index (χ2n) is 4.45. The van der Waals surface area contributed by atoms with Gasteiger partial charge in [0.1, 0.15) is 17.8 Å². The van der Waals surface area contributed by atoms with Gasteiger partial charge in [0.15, 0.2) is 5.69 Å². The maximum Gasteiger partial charge on any atom is 0.354 e. The van der Waals surface area contributed by atoms with Crippen molar-refractivity contribution in [1.82, 2.24) is 15.3 Å². The van der Waals surface area contributed by atoms with Crippen LogP contribution in [0.5, 0.6) is 5.75 Å². The SMILES string of the molecule is COc1cccc(C(O)(O)NC(=O)c2cc(C(=O)O)ncn2)c1. The van der Waals surface area contributed by atoms with E-state index in [0.29, 0.717) is 5.75 Å². The normalized spacial score (nSPS) is 10.9. The Morgan fingerprint density at radius 3 is 2.52 bits per heavy atom. The van der Waals surface area contributed by atoms with Crippen molar-refractivity contribution in [3.63, 3.8) is 0 Å². The molecule has 9 nitrogen and oxygen atoms in total. The quantitative estimate of drug-likeness (QED) is 0.551. The van der Waals surface area contributed by atoms with Gasteiger partial charge in [-0.25, -0.2) is 14.8 Å². The number of hydrogen-bond donors (Lipinski definition) is 4. The Bertz CT molecular complexity index is 747. The van der Waals surface area contributed by atoms with Crippen molar-refractivity contribution < 1.29 is 29.6 Å². The summed E-state index contributed by atoms with van der Waals surface area (Å²) in [4.78, 5) is 29.9. The highest BCUT2D eigenvalue weighted by Gasteiger charge is 2.30. The fourth-order valence-corrected chi connectivity index (χ4v) is 1.73. The lowest BCUT2D eigenvalue weighted by molar-refractivity contribution is -0.185. The van der Waals surface area contributed by atoms with Crippen LogP contribution in [0.1, 0.15) is 26.5 Å². The molecule has 0 saturated heterocycles.